The average molecular weight is 272 g/mol. The van der Waals surface area contributed by atoms with Crippen molar-refractivity contribution in [2.24, 2.45) is 5.92 Å². The molecule has 1 saturated heterocycles. The Morgan fingerprint density at radius 3 is 2.84 bits per heavy atom. The van der Waals surface area contributed by atoms with Crippen LogP contribution in [0.25, 0.3) is 0 Å². The van der Waals surface area contributed by atoms with Gasteiger partial charge in [0.2, 0.25) is 5.91 Å². The van der Waals surface area contributed by atoms with E-state index in [1.807, 2.05) is 18.7 Å². The van der Waals surface area contributed by atoms with E-state index in [1.165, 1.54) is 0 Å². The van der Waals surface area contributed by atoms with Gasteiger partial charge in [-0.05, 0) is 13.8 Å². The first-order chi connectivity index (χ1) is 9.10. The molecule has 1 aliphatic heterocycles. The first-order valence-electron chi connectivity index (χ1n) is 6.86. The van der Waals surface area contributed by atoms with Crippen molar-refractivity contribution in [1.82, 2.24) is 10.2 Å². The third-order valence-electron chi connectivity index (χ3n) is 3.09. The molecule has 1 rings (SSSR count). The van der Waals surface area contributed by atoms with Gasteiger partial charge < -0.3 is 14.8 Å². The summed E-state index contributed by atoms with van der Waals surface area (Å²) in [7, 11) is 0. The van der Waals surface area contributed by atoms with Gasteiger partial charge in [-0.2, -0.15) is 0 Å². The maximum atomic E-state index is 11.9. The number of hydrogen-bond acceptors (Lipinski definition) is 5. The summed E-state index contributed by atoms with van der Waals surface area (Å²) in [5, 5.41) is 2.80. The fourth-order valence-electron chi connectivity index (χ4n) is 2.10. The number of carbonyl (C=O) groups excluding carboxylic acids is 2. The Balaban J connectivity index is 2.57. The number of ether oxygens (including phenoxy) is 2. The monoisotopic (exact) mass is 272 g/mol. The van der Waals surface area contributed by atoms with Gasteiger partial charge in [-0.3, -0.25) is 14.5 Å². The predicted molar refractivity (Wildman–Crippen MR) is 70.7 cm³/mol. The molecule has 2 unspecified atom stereocenters. The van der Waals surface area contributed by atoms with Gasteiger partial charge in [-0.15, -0.1) is 0 Å². The number of morpholine rings is 1. The molecule has 0 aromatic carbocycles. The van der Waals surface area contributed by atoms with Crippen LogP contribution in [0.15, 0.2) is 0 Å². The summed E-state index contributed by atoms with van der Waals surface area (Å²) in [6.07, 6.45) is 0. The number of likely N-dealkylation sites (N-methyl/N-ethyl adjacent to an activating group) is 1. The Hall–Kier alpha value is -1.14. The van der Waals surface area contributed by atoms with Gasteiger partial charge in [0.1, 0.15) is 6.04 Å². The minimum Gasteiger partial charge on any atom is -0.466 e. The lowest BCUT2D eigenvalue weighted by molar-refractivity contribution is -0.150. The summed E-state index contributed by atoms with van der Waals surface area (Å²) in [5.74, 6) is -0.503. The standard InChI is InChI=1S/C13H24N2O4/c1-4-14-12(16)11-9-18-7-6-15(11)8-10(3)13(17)19-5-2/h10-11H,4-9H2,1-3H3,(H,14,16). The van der Waals surface area contributed by atoms with Crippen LogP contribution < -0.4 is 5.32 Å². The summed E-state index contributed by atoms with van der Waals surface area (Å²) < 4.78 is 10.3. The Morgan fingerprint density at radius 2 is 2.21 bits per heavy atom. The normalized spacial score (nSPS) is 21.7. The van der Waals surface area contributed by atoms with Crippen LogP contribution in [0.2, 0.25) is 0 Å². The maximum Gasteiger partial charge on any atom is 0.309 e. The Bertz CT molecular complexity index is 309. The zero-order valence-corrected chi connectivity index (χ0v) is 12.0. The first kappa shape index (κ1) is 15.9. The van der Waals surface area contributed by atoms with Crippen LogP contribution in [0.4, 0.5) is 0 Å². The summed E-state index contributed by atoms with van der Waals surface area (Å²) in [6.45, 7) is 8.61. The summed E-state index contributed by atoms with van der Waals surface area (Å²) in [4.78, 5) is 25.6. The van der Waals surface area contributed by atoms with Gasteiger partial charge in [-0.1, -0.05) is 6.92 Å². The third kappa shape index (κ3) is 4.80. The fourth-order valence-corrected chi connectivity index (χ4v) is 2.10. The van der Waals surface area contributed by atoms with E-state index in [9.17, 15) is 9.59 Å². The Morgan fingerprint density at radius 1 is 1.47 bits per heavy atom. The van der Waals surface area contributed by atoms with E-state index in [2.05, 4.69) is 5.32 Å². The molecule has 0 saturated carbocycles. The summed E-state index contributed by atoms with van der Waals surface area (Å²) in [6, 6.07) is -0.314. The van der Waals surface area contributed by atoms with E-state index in [-0.39, 0.29) is 23.8 Å². The highest BCUT2D eigenvalue weighted by atomic mass is 16.5. The molecule has 0 spiro atoms. The van der Waals surface area contributed by atoms with Crippen LogP contribution in [-0.2, 0) is 19.1 Å². The number of carbonyl (C=O) groups is 2. The second-order valence-corrected chi connectivity index (χ2v) is 4.63. The van der Waals surface area contributed by atoms with Crippen molar-refractivity contribution in [3.8, 4) is 0 Å². The molecular weight excluding hydrogens is 248 g/mol. The number of hydrogen-bond donors (Lipinski definition) is 1. The van der Waals surface area contributed by atoms with Crippen molar-refractivity contribution >= 4 is 11.9 Å². The number of esters is 1. The smallest absolute Gasteiger partial charge is 0.309 e. The van der Waals surface area contributed by atoms with Crippen molar-refractivity contribution in [1.29, 1.82) is 0 Å². The molecule has 0 aliphatic carbocycles. The van der Waals surface area contributed by atoms with E-state index in [4.69, 9.17) is 9.47 Å². The second kappa shape index (κ2) is 8.12. The number of nitrogens with zero attached hydrogens (tertiary/aromatic N) is 1. The van der Waals surface area contributed by atoms with Crippen molar-refractivity contribution < 1.29 is 19.1 Å². The van der Waals surface area contributed by atoms with Crippen molar-refractivity contribution in [2.75, 3.05) is 39.5 Å². The highest BCUT2D eigenvalue weighted by molar-refractivity contribution is 5.82. The molecule has 6 nitrogen and oxygen atoms in total. The fraction of sp³-hybridized carbons (Fsp3) is 0.846. The van der Waals surface area contributed by atoms with Gasteiger partial charge in [0, 0.05) is 19.6 Å². The molecule has 110 valence electrons. The van der Waals surface area contributed by atoms with Crippen LogP contribution in [0.1, 0.15) is 20.8 Å². The zero-order chi connectivity index (χ0) is 14.3. The first-order valence-corrected chi connectivity index (χ1v) is 6.86. The van der Waals surface area contributed by atoms with Gasteiger partial charge in [0.15, 0.2) is 0 Å². The van der Waals surface area contributed by atoms with Gasteiger partial charge in [-0.25, -0.2) is 0 Å². The molecule has 1 heterocycles. The molecule has 19 heavy (non-hydrogen) atoms. The highest BCUT2D eigenvalue weighted by Gasteiger charge is 2.31. The summed E-state index contributed by atoms with van der Waals surface area (Å²) in [5.41, 5.74) is 0. The van der Waals surface area contributed by atoms with Crippen molar-refractivity contribution in [3.05, 3.63) is 0 Å². The molecule has 6 heteroatoms. The number of amides is 1. The van der Waals surface area contributed by atoms with E-state index in [0.29, 0.717) is 39.5 Å². The van der Waals surface area contributed by atoms with Crippen molar-refractivity contribution in [3.63, 3.8) is 0 Å². The number of nitrogens with one attached hydrogen (secondary N) is 1. The lowest BCUT2D eigenvalue weighted by atomic mass is 10.1. The lowest BCUT2D eigenvalue weighted by Crippen LogP contribution is -2.55. The van der Waals surface area contributed by atoms with Crippen LogP contribution in [0, 0.1) is 5.92 Å². The second-order valence-electron chi connectivity index (χ2n) is 4.63. The largest absolute Gasteiger partial charge is 0.466 e. The van der Waals surface area contributed by atoms with Crippen LogP contribution >= 0.6 is 0 Å². The molecule has 1 aliphatic rings. The van der Waals surface area contributed by atoms with E-state index in [1.54, 1.807) is 6.92 Å². The van der Waals surface area contributed by atoms with Gasteiger partial charge >= 0.3 is 5.97 Å². The minimum atomic E-state index is -0.314. The molecule has 0 bridgehead atoms. The molecular formula is C13H24N2O4. The molecule has 1 N–H and O–H groups in total. The quantitative estimate of drug-likeness (QED) is 0.691. The zero-order valence-electron chi connectivity index (χ0n) is 12.0. The highest BCUT2D eigenvalue weighted by Crippen LogP contribution is 2.11. The van der Waals surface area contributed by atoms with Gasteiger partial charge in [0.25, 0.3) is 0 Å². The topological polar surface area (TPSA) is 67.9 Å². The molecule has 0 aromatic heterocycles. The third-order valence-corrected chi connectivity index (χ3v) is 3.09. The Kier molecular flexibility index (Phi) is 6.80. The van der Waals surface area contributed by atoms with Crippen molar-refractivity contribution in [2.45, 2.75) is 26.8 Å². The number of rotatable bonds is 6. The minimum absolute atomic E-state index is 0.0433. The van der Waals surface area contributed by atoms with Crippen LogP contribution in [0.3, 0.4) is 0 Å². The molecule has 0 radical (unpaired) electrons. The molecule has 1 amide bonds. The summed E-state index contributed by atoms with van der Waals surface area (Å²) >= 11 is 0. The van der Waals surface area contributed by atoms with E-state index >= 15 is 0 Å². The van der Waals surface area contributed by atoms with E-state index in [0.717, 1.165) is 0 Å². The SMILES string of the molecule is CCNC(=O)C1COCCN1CC(C)C(=O)OCC. The maximum absolute atomic E-state index is 11.9. The van der Waals surface area contributed by atoms with Crippen LogP contribution in [-0.4, -0.2) is 62.3 Å². The Labute approximate surface area is 114 Å². The lowest BCUT2D eigenvalue weighted by Gasteiger charge is -2.35. The van der Waals surface area contributed by atoms with Gasteiger partial charge in [0.05, 0.1) is 25.7 Å². The molecule has 2 atom stereocenters. The average Bonchev–Trinajstić information content (AvgIpc) is 2.39. The van der Waals surface area contributed by atoms with Crippen LogP contribution in [0.5, 0.6) is 0 Å². The van der Waals surface area contributed by atoms with E-state index < -0.39 is 0 Å². The molecule has 1 fully saturated rings. The predicted octanol–water partition coefficient (Wildman–Crippen LogP) is 0.0225. The molecule has 0 aromatic rings.